The number of non-ortho nitro benzene ring substituents is 1. The molecule has 3 rings (SSSR count). The molecule has 2 saturated heterocycles. The number of likely N-dealkylation sites (tertiary alicyclic amines) is 1. The Morgan fingerprint density at radius 3 is 2.31 bits per heavy atom. The van der Waals surface area contributed by atoms with E-state index in [-0.39, 0.29) is 24.2 Å². The Labute approximate surface area is 179 Å². The van der Waals surface area contributed by atoms with E-state index in [4.69, 9.17) is 14.6 Å². The minimum Gasteiger partial charge on any atom is -0.475 e. The van der Waals surface area contributed by atoms with Crippen molar-refractivity contribution in [2.45, 2.75) is 37.7 Å². The Balaban J connectivity index is 0.000000451. The van der Waals surface area contributed by atoms with Gasteiger partial charge in [0.15, 0.2) is 0 Å². The van der Waals surface area contributed by atoms with Gasteiger partial charge < -0.3 is 20.5 Å². The number of alkyl halides is 3. The zero-order chi connectivity index (χ0) is 23.9. The van der Waals surface area contributed by atoms with E-state index >= 15 is 0 Å². The lowest BCUT2D eigenvalue weighted by Crippen LogP contribution is -2.60. The predicted molar refractivity (Wildman–Crippen MR) is 102 cm³/mol. The van der Waals surface area contributed by atoms with Gasteiger partial charge in [-0.05, 0) is 30.5 Å². The van der Waals surface area contributed by atoms with Gasteiger partial charge in [0, 0.05) is 31.8 Å². The van der Waals surface area contributed by atoms with Crippen molar-refractivity contribution < 1.29 is 42.3 Å². The number of carboxylic acids is 1. The second-order valence-electron chi connectivity index (χ2n) is 7.00. The van der Waals surface area contributed by atoms with Crippen LogP contribution in [0.3, 0.4) is 0 Å². The predicted octanol–water partition coefficient (Wildman–Crippen LogP) is 1.42. The zero-order valence-electron chi connectivity index (χ0n) is 16.6. The molecular weight excluding hydrogens is 441 g/mol. The number of carboxylic acid groups (broad SMARTS) is 1. The van der Waals surface area contributed by atoms with Crippen molar-refractivity contribution in [2.75, 3.05) is 19.6 Å². The number of amides is 2. The summed E-state index contributed by atoms with van der Waals surface area (Å²) >= 11 is 0. The lowest BCUT2D eigenvalue weighted by atomic mass is 10.1. The van der Waals surface area contributed by atoms with E-state index in [1.54, 1.807) is 12.1 Å². The first-order chi connectivity index (χ1) is 15.0. The fourth-order valence-corrected chi connectivity index (χ4v) is 2.89. The smallest absolute Gasteiger partial charge is 0.475 e. The number of carbonyl (C=O) groups is 3. The zero-order valence-corrected chi connectivity index (χ0v) is 16.6. The number of rotatable bonds is 5. The summed E-state index contributed by atoms with van der Waals surface area (Å²) in [6.07, 6.45) is -4.24. The lowest BCUT2D eigenvalue weighted by Gasteiger charge is -2.31. The van der Waals surface area contributed by atoms with Crippen LogP contribution in [0.2, 0.25) is 0 Å². The summed E-state index contributed by atoms with van der Waals surface area (Å²) in [4.78, 5) is 45.1. The first-order valence-corrected chi connectivity index (χ1v) is 9.47. The third kappa shape index (κ3) is 7.08. The highest BCUT2D eigenvalue weighted by atomic mass is 19.4. The minimum atomic E-state index is -5.08. The summed E-state index contributed by atoms with van der Waals surface area (Å²) in [7, 11) is 0. The number of nitrogens with one attached hydrogen (secondary N) is 2. The van der Waals surface area contributed by atoms with Crippen molar-refractivity contribution >= 4 is 23.7 Å². The van der Waals surface area contributed by atoms with Crippen molar-refractivity contribution in [3.05, 3.63) is 39.9 Å². The number of aliphatic carboxylic acids is 1. The molecule has 2 aliphatic heterocycles. The number of nitrogens with zero attached hydrogens (tertiary/aromatic N) is 2. The Kier molecular flexibility index (Phi) is 8.34. The molecule has 2 amide bonds. The molecule has 0 spiro atoms. The Morgan fingerprint density at radius 2 is 1.84 bits per heavy atom. The highest BCUT2D eigenvalue weighted by Crippen LogP contribution is 2.20. The van der Waals surface area contributed by atoms with Crippen LogP contribution >= 0.6 is 0 Å². The van der Waals surface area contributed by atoms with Crippen LogP contribution in [0.15, 0.2) is 24.3 Å². The summed E-state index contributed by atoms with van der Waals surface area (Å²) in [5.74, 6) is -2.90. The third-order valence-electron chi connectivity index (χ3n) is 4.67. The van der Waals surface area contributed by atoms with Gasteiger partial charge in [0.1, 0.15) is 12.6 Å². The third-order valence-corrected chi connectivity index (χ3v) is 4.67. The maximum Gasteiger partial charge on any atom is 0.490 e. The average molecular weight is 462 g/mol. The number of benzene rings is 1. The monoisotopic (exact) mass is 462 g/mol. The van der Waals surface area contributed by atoms with Gasteiger partial charge in [-0.1, -0.05) is 0 Å². The fourth-order valence-electron chi connectivity index (χ4n) is 2.89. The number of ether oxygens (including phenoxy) is 1. The van der Waals surface area contributed by atoms with E-state index in [0.29, 0.717) is 18.5 Å². The molecule has 0 aromatic heterocycles. The van der Waals surface area contributed by atoms with E-state index in [1.165, 1.54) is 17.0 Å². The molecule has 0 saturated carbocycles. The van der Waals surface area contributed by atoms with E-state index in [0.717, 1.165) is 19.5 Å². The van der Waals surface area contributed by atoms with Gasteiger partial charge in [0.25, 0.3) is 5.69 Å². The molecule has 1 aromatic rings. The van der Waals surface area contributed by atoms with Crippen molar-refractivity contribution in [2.24, 2.45) is 0 Å². The van der Waals surface area contributed by atoms with Crippen LogP contribution < -0.4 is 10.6 Å². The number of carbonyl (C=O) groups excluding carboxylic acids is 2. The topological polar surface area (TPSA) is 151 Å². The summed E-state index contributed by atoms with van der Waals surface area (Å²) in [6.45, 7) is 2.00. The standard InChI is InChI=1S/C16H20N4O5.C2HF3O2/c21-15(18-12-8-17-9-12)14-2-1-7-19(14)16(22)25-10-11-3-5-13(6-4-11)20(23)24;3-2(4,5)1(6)7/h3-6,12,14,17H,1-2,7-10H2,(H,18,21);(H,6,7)/t14-;/m0./s1. The van der Waals surface area contributed by atoms with Crippen LogP contribution in [0.25, 0.3) is 0 Å². The van der Waals surface area contributed by atoms with Crippen LogP contribution in [0, 0.1) is 10.1 Å². The SMILES string of the molecule is O=C(NC1CNC1)[C@@H]1CCCN1C(=O)OCc1ccc([N+](=O)[O-])cc1.O=C(O)C(F)(F)F. The van der Waals surface area contributed by atoms with Crippen molar-refractivity contribution in [3.8, 4) is 0 Å². The molecule has 2 aliphatic rings. The summed E-state index contributed by atoms with van der Waals surface area (Å²) in [5.41, 5.74) is 0.636. The molecule has 3 N–H and O–H groups in total. The van der Waals surface area contributed by atoms with E-state index in [1.807, 2.05) is 0 Å². The molecular formula is C18H21F3N4O7. The van der Waals surface area contributed by atoms with Gasteiger partial charge in [-0.15, -0.1) is 0 Å². The molecule has 0 aliphatic carbocycles. The second-order valence-corrected chi connectivity index (χ2v) is 7.00. The lowest BCUT2D eigenvalue weighted by molar-refractivity contribution is -0.384. The van der Waals surface area contributed by atoms with Crippen molar-refractivity contribution in [1.82, 2.24) is 15.5 Å². The van der Waals surface area contributed by atoms with E-state index in [9.17, 15) is 32.9 Å². The van der Waals surface area contributed by atoms with Gasteiger partial charge >= 0.3 is 18.2 Å². The number of nitro groups is 1. The number of hydrogen-bond acceptors (Lipinski definition) is 7. The molecule has 32 heavy (non-hydrogen) atoms. The number of nitro benzene ring substituents is 1. The first kappa shape index (κ1) is 24.8. The normalized spacial score (nSPS) is 18.1. The molecule has 0 radical (unpaired) electrons. The maximum atomic E-state index is 12.3. The van der Waals surface area contributed by atoms with Gasteiger partial charge in [0.2, 0.25) is 5.91 Å². The molecule has 14 heteroatoms. The number of halogens is 3. The van der Waals surface area contributed by atoms with Crippen molar-refractivity contribution in [1.29, 1.82) is 0 Å². The Hall–Kier alpha value is -3.42. The summed E-state index contributed by atoms with van der Waals surface area (Å²) in [6, 6.07) is 5.45. The summed E-state index contributed by atoms with van der Waals surface area (Å²) in [5, 5.41) is 23.7. The fraction of sp³-hybridized carbons (Fsp3) is 0.500. The minimum absolute atomic E-state index is 0.00815. The maximum absolute atomic E-state index is 12.3. The molecule has 0 bridgehead atoms. The Bertz CT molecular complexity index is 844. The number of hydrogen-bond donors (Lipinski definition) is 3. The van der Waals surface area contributed by atoms with Crippen LogP contribution in [0.1, 0.15) is 18.4 Å². The molecule has 1 atom stereocenters. The first-order valence-electron chi connectivity index (χ1n) is 9.47. The van der Waals surface area contributed by atoms with Crippen molar-refractivity contribution in [3.63, 3.8) is 0 Å². The van der Waals surface area contributed by atoms with Crippen LogP contribution in [0.4, 0.5) is 23.7 Å². The van der Waals surface area contributed by atoms with Crippen LogP contribution in [0.5, 0.6) is 0 Å². The van der Waals surface area contributed by atoms with Gasteiger partial charge in [0.05, 0.1) is 11.0 Å². The largest absolute Gasteiger partial charge is 0.490 e. The highest BCUT2D eigenvalue weighted by Gasteiger charge is 2.38. The van der Waals surface area contributed by atoms with E-state index < -0.39 is 29.2 Å². The molecule has 11 nitrogen and oxygen atoms in total. The van der Waals surface area contributed by atoms with Crippen LogP contribution in [-0.4, -0.2) is 70.8 Å². The average Bonchev–Trinajstić information content (AvgIpc) is 3.19. The van der Waals surface area contributed by atoms with E-state index in [2.05, 4.69) is 10.6 Å². The molecule has 176 valence electrons. The summed E-state index contributed by atoms with van der Waals surface area (Å²) < 4.78 is 37.0. The molecule has 1 aromatic carbocycles. The molecule has 2 fully saturated rings. The van der Waals surface area contributed by atoms with Gasteiger partial charge in [-0.3, -0.25) is 19.8 Å². The quantitative estimate of drug-likeness (QED) is 0.439. The van der Waals surface area contributed by atoms with Gasteiger partial charge in [-0.2, -0.15) is 13.2 Å². The van der Waals surface area contributed by atoms with Crippen LogP contribution in [-0.2, 0) is 20.9 Å². The molecule has 2 heterocycles. The highest BCUT2D eigenvalue weighted by molar-refractivity contribution is 5.86. The van der Waals surface area contributed by atoms with Gasteiger partial charge in [-0.25, -0.2) is 9.59 Å². The second kappa shape index (κ2) is 10.7. The molecule has 0 unspecified atom stereocenters. The Morgan fingerprint density at radius 1 is 1.25 bits per heavy atom.